The van der Waals surface area contributed by atoms with Gasteiger partial charge in [0.05, 0.1) is 24.3 Å². The second-order valence-electron chi connectivity index (χ2n) is 3.78. The van der Waals surface area contributed by atoms with Crippen LogP contribution in [-0.4, -0.2) is 24.6 Å². The van der Waals surface area contributed by atoms with Crippen molar-refractivity contribution in [2.45, 2.75) is 25.8 Å². The molecular formula is C12H18N2O2. The summed E-state index contributed by atoms with van der Waals surface area (Å²) in [6.07, 6.45) is 1.99. The van der Waals surface area contributed by atoms with Gasteiger partial charge in [0.1, 0.15) is 0 Å². The lowest BCUT2D eigenvalue weighted by Gasteiger charge is -2.27. The number of nitrogens with zero attached hydrogens (tertiary/aromatic N) is 1. The predicted molar refractivity (Wildman–Crippen MR) is 61.9 cm³/mol. The average molecular weight is 222 g/mol. The molecule has 1 aromatic rings. The first-order chi connectivity index (χ1) is 7.62. The third-order valence-electron chi connectivity index (χ3n) is 2.59. The second kappa shape index (κ2) is 5.61. The summed E-state index contributed by atoms with van der Waals surface area (Å²) in [6, 6.07) is 5.66. The Hall–Kier alpha value is -1.42. The number of pyridine rings is 1. The molecule has 16 heavy (non-hydrogen) atoms. The Bertz CT molecular complexity index is 340. The van der Waals surface area contributed by atoms with Crippen LogP contribution in [0.4, 0.5) is 0 Å². The Morgan fingerprint density at radius 3 is 2.81 bits per heavy atom. The molecule has 1 heterocycles. The molecule has 0 aromatic carbocycles. The van der Waals surface area contributed by atoms with E-state index in [9.17, 15) is 4.79 Å². The number of carbonyl (C=O) groups excluding carboxylic acids is 1. The Morgan fingerprint density at radius 1 is 1.56 bits per heavy atom. The normalized spacial score (nSPS) is 14.2. The van der Waals surface area contributed by atoms with Gasteiger partial charge in [-0.2, -0.15) is 0 Å². The zero-order valence-corrected chi connectivity index (χ0v) is 9.99. The maximum Gasteiger partial charge on any atom is 0.308 e. The molecule has 0 radical (unpaired) electrons. The quantitative estimate of drug-likeness (QED) is 0.766. The molecule has 4 nitrogen and oxygen atoms in total. The minimum atomic E-state index is -0.479. The first-order valence-corrected chi connectivity index (χ1v) is 5.38. The molecule has 0 aliphatic rings. The molecule has 0 saturated carbocycles. The van der Waals surface area contributed by atoms with E-state index in [4.69, 9.17) is 4.74 Å². The summed E-state index contributed by atoms with van der Waals surface area (Å²) < 4.78 is 4.95. The Balaban J connectivity index is 2.82. The van der Waals surface area contributed by atoms with Crippen molar-refractivity contribution in [1.82, 2.24) is 10.3 Å². The molecule has 1 rings (SSSR count). The number of hydrogen-bond donors (Lipinski definition) is 1. The molecule has 0 fully saturated rings. The van der Waals surface area contributed by atoms with E-state index in [1.165, 1.54) is 0 Å². The lowest BCUT2D eigenvalue weighted by atomic mass is 9.93. The van der Waals surface area contributed by atoms with Crippen LogP contribution in [0.1, 0.15) is 26.0 Å². The zero-order valence-electron chi connectivity index (χ0n) is 9.99. The van der Waals surface area contributed by atoms with Gasteiger partial charge in [0, 0.05) is 6.20 Å². The molecule has 1 atom stereocenters. The fourth-order valence-corrected chi connectivity index (χ4v) is 1.50. The summed E-state index contributed by atoms with van der Waals surface area (Å²) in [5.74, 6) is -0.218. The van der Waals surface area contributed by atoms with Crippen LogP contribution in [-0.2, 0) is 15.1 Å². The van der Waals surface area contributed by atoms with Crippen molar-refractivity contribution in [3.05, 3.63) is 30.1 Å². The van der Waals surface area contributed by atoms with Gasteiger partial charge in [0.2, 0.25) is 0 Å². The fourth-order valence-electron chi connectivity index (χ4n) is 1.50. The van der Waals surface area contributed by atoms with Gasteiger partial charge in [0.25, 0.3) is 0 Å². The summed E-state index contributed by atoms with van der Waals surface area (Å²) >= 11 is 0. The van der Waals surface area contributed by atoms with Crippen molar-refractivity contribution in [1.29, 1.82) is 0 Å². The lowest BCUT2D eigenvalue weighted by molar-refractivity contribution is -0.144. The number of esters is 1. The molecule has 88 valence electrons. The van der Waals surface area contributed by atoms with Crippen molar-refractivity contribution in [2.24, 2.45) is 0 Å². The van der Waals surface area contributed by atoms with Gasteiger partial charge < -0.3 is 10.1 Å². The summed E-state index contributed by atoms with van der Waals surface area (Å²) in [7, 11) is 1.81. The molecule has 0 spiro atoms. The molecule has 0 bridgehead atoms. The number of carbonyl (C=O) groups is 1. The van der Waals surface area contributed by atoms with Crippen LogP contribution < -0.4 is 5.32 Å². The number of hydrogen-bond acceptors (Lipinski definition) is 4. The number of ether oxygens (including phenoxy) is 1. The van der Waals surface area contributed by atoms with Gasteiger partial charge in [-0.05, 0) is 33.0 Å². The van der Waals surface area contributed by atoms with Gasteiger partial charge in [-0.3, -0.25) is 9.78 Å². The highest BCUT2D eigenvalue weighted by Crippen LogP contribution is 2.22. The Labute approximate surface area is 96.0 Å². The van der Waals surface area contributed by atoms with Crippen LogP contribution in [0.2, 0.25) is 0 Å². The van der Waals surface area contributed by atoms with Crippen molar-refractivity contribution in [3.63, 3.8) is 0 Å². The smallest absolute Gasteiger partial charge is 0.308 e. The van der Waals surface area contributed by atoms with E-state index >= 15 is 0 Å². The van der Waals surface area contributed by atoms with Crippen molar-refractivity contribution < 1.29 is 9.53 Å². The molecular weight excluding hydrogens is 204 g/mol. The van der Waals surface area contributed by atoms with Crippen LogP contribution in [0.25, 0.3) is 0 Å². The summed E-state index contributed by atoms with van der Waals surface area (Å²) in [4.78, 5) is 15.8. The highest BCUT2D eigenvalue weighted by atomic mass is 16.5. The molecule has 1 unspecified atom stereocenters. The first-order valence-electron chi connectivity index (χ1n) is 5.38. The van der Waals surface area contributed by atoms with Crippen LogP contribution in [0.15, 0.2) is 24.4 Å². The average Bonchev–Trinajstić information content (AvgIpc) is 2.30. The fraction of sp³-hybridized carbons (Fsp3) is 0.500. The lowest BCUT2D eigenvalue weighted by Crippen LogP contribution is -2.40. The first kappa shape index (κ1) is 12.6. The van der Waals surface area contributed by atoms with Gasteiger partial charge in [-0.25, -0.2) is 0 Å². The van der Waals surface area contributed by atoms with Crippen LogP contribution in [0, 0.1) is 0 Å². The molecule has 1 N–H and O–H groups in total. The Morgan fingerprint density at radius 2 is 2.31 bits per heavy atom. The van der Waals surface area contributed by atoms with E-state index in [0.29, 0.717) is 6.61 Å². The molecule has 0 saturated heterocycles. The highest BCUT2D eigenvalue weighted by molar-refractivity contribution is 5.71. The van der Waals surface area contributed by atoms with Gasteiger partial charge in [-0.1, -0.05) is 6.07 Å². The van der Waals surface area contributed by atoms with E-state index in [-0.39, 0.29) is 12.4 Å². The summed E-state index contributed by atoms with van der Waals surface area (Å²) in [6.45, 7) is 4.14. The Kier molecular flexibility index (Phi) is 4.43. The second-order valence-corrected chi connectivity index (χ2v) is 3.78. The van der Waals surface area contributed by atoms with Gasteiger partial charge in [0.15, 0.2) is 0 Å². The predicted octanol–water partition coefficient (Wildman–Crippen LogP) is 1.47. The van der Waals surface area contributed by atoms with E-state index in [1.807, 2.05) is 32.2 Å². The third-order valence-corrected chi connectivity index (χ3v) is 2.59. The van der Waals surface area contributed by atoms with Crippen LogP contribution in [0.5, 0.6) is 0 Å². The third kappa shape index (κ3) is 3.03. The summed E-state index contributed by atoms with van der Waals surface area (Å²) in [5, 5.41) is 3.12. The van der Waals surface area contributed by atoms with E-state index in [0.717, 1.165) is 5.69 Å². The molecule has 0 amide bonds. The molecule has 1 aromatic heterocycles. The van der Waals surface area contributed by atoms with Crippen molar-refractivity contribution in [2.75, 3.05) is 13.7 Å². The largest absolute Gasteiger partial charge is 0.466 e. The van der Waals surface area contributed by atoms with E-state index < -0.39 is 5.54 Å². The van der Waals surface area contributed by atoms with E-state index in [2.05, 4.69) is 10.3 Å². The minimum Gasteiger partial charge on any atom is -0.466 e. The maximum atomic E-state index is 11.5. The SMILES string of the molecule is CCOC(=O)CC(C)(NC)c1ccccn1. The van der Waals surface area contributed by atoms with Crippen molar-refractivity contribution >= 4 is 5.97 Å². The monoisotopic (exact) mass is 222 g/mol. The highest BCUT2D eigenvalue weighted by Gasteiger charge is 2.29. The van der Waals surface area contributed by atoms with Crippen LogP contribution >= 0.6 is 0 Å². The standard InChI is InChI=1S/C12H18N2O2/c1-4-16-11(15)9-12(2,13-3)10-7-5-6-8-14-10/h5-8,13H,4,9H2,1-3H3. The van der Waals surface area contributed by atoms with Crippen molar-refractivity contribution in [3.8, 4) is 0 Å². The number of nitrogens with one attached hydrogen (secondary N) is 1. The topological polar surface area (TPSA) is 51.2 Å². The molecule has 0 aliphatic carbocycles. The molecule has 4 heteroatoms. The number of rotatable bonds is 5. The maximum absolute atomic E-state index is 11.5. The van der Waals surface area contributed by atoms with E-state index in [1.54, 1.807) is 13.1 Å². The zero-order chi connectivity index (χ0) is 12.0. The van der Waals surface area contributed by atoms with Gasteiger partial charge in [-0.15, -0.1) is 0 Å². The summed E-state index contributed by atoms with van der Waals surface area (Å²) in [5.41, 5.74) is 0.360. The molecule has 0 aliphatic heterocycles. The minimum absolute atomic E-state index is 0.218. The van der Waals surface area contributed by atoms with Gasteiger partial charge >= 0.3 is 5.97 Å². The van der Waals surface area contributed by atoms with Crippen LogP contribution in [0.3, 0.4) is 0 Å². The number of aromatic nitrogens is 1.